The molecule has 25 heavy (non-hydrogen) atoms. The Kier molecular flexibility index (Phi) is 7.80. The smallest absolute Gasteiger partial charge is 0.315 e. The minimum Gasteiger partial charge on any atom is -0.479 e. The number of nitriles is 1. The van der Waals surface area contributed by atoms with E-state index in [4.69, 9.17) is 10.00 Å². The van der Waals surface area contributed by atoms with Crippen molar-refractivity contribution in [3.05, 3.63) is 64.1 Å². The van der Waals surface area contributed by atoms with Crippen LogP contribution in [-0.4, -0.2) is 19.2 Å². The van der Waals surface area contributed by atoms with Crippen LogP contribution in [0.1, 0.15) is 17.5 Å². The Balaban J connectivity index is 1.66. The van der Waals surface area contributed by atoms with Crippen molar-refractivity contribution in [1.82, 2.24) is 10.6 Å². The average Bonchev–Trinajstić information content (AvgIpc) is 2.62. The lowest BCUT2D eigenvalue weighted by Gasteiger charge is -2.09. The molecule has 0 heterocycles. The Bertz CT molecular complexity index is 743. The molecule has 0 radical (unpaired) electrons. The monoisotopic (exact) mass is 401 g/mol. The van der Waals surface area contributed by atoms with Crippen LogP contribution >= 0.6 is 15.9 Å². The van der Waals surface area contributed by atoms with Crippen LogP contribution < -0.4 is 15.4 Å². The number of nitrogens with zero attached hydrogens (tertiary/aromatic N) is 1. The molecule has 0 saturated heterocycles. The molecule has 0 atom stereocenters. The van der Waals surface area contributed by atoms with Gasteiger partial charge in [-0.05, 0) is 48.2 Å². The fourth-order valence-electron chi connectivity index (χ4n) is 2.29. The predicted molar refractivity (Wildman–Crippen MR) is 100 cm³/mol. The van der Waals surface area contributed by atoms with Crippen molar-refractivity contribution in [1.29, 1.82) is 5.26 Å². The number of urea groups is 1. The van der Waals surface area contributed by atoms with Gasteiger partial charge in [0.05, 0.1) is 0 Å². The van der Waals surface area contributed by atoms with Crippen molar-refractivity contribution in [2.45, 2.75) is 19.4 Å². The summed E-state index contributed by atoms with van der Waals surface area (Å²) >= 11 is 3.45. The molecule has 5 nitrogen and oxygen atoms in total. The molecule has 6 heteroatoms. The number of halogens is 1. The fourth-order valence-corrected chi connectivity index (χ4v) is 2.74. The third-order valence-corrected chi connectivity index (χ3v) is 3.96. The van der Waals surface area contributed by atoms with Gasteiger partial charge in [0.25, 0.3) is 0 Å². The lowest BCUT2D eigenvalue weighted by atomic mass is 10.1. The van der Waals surface area contributed by atoms with E-state index >= 15 is 0 Å². The van der Waals surface area contributed by atoms with E-state index in [1.165, 1.54) is 5.56 Å². The molecule has 0 aromatic heterocycles. The molecule has 0 bridgehead atoms. The Hall–Kier alpha value is -2.52. The summed E-state index contributed by atoms with van der Waals surface area (Å²) in [5.74, 6) is 0.621. The highest BCUT2D eigenvalue weighted by Crippen LogP contribution is 2.13. The largest absolute Gasteiger partial charge is 0.479 e. The Morgan fingerprint density at radius 1 is 1.12 bits per heavy atom. The van der Waals surface area contributed by atoms with E-state index in [0.29, 0.717) is 18.8 Å². The minimum atomic E-state index is -0.197. The molecule has 2 aromatic carbocycles. The lowest BCUT2D eigenvalue weighted by Crippen LogP contribution is -2.35. The summed E-state index contributed by atoms with van der Waals surface area (Å²) in [6, 6.07) is 17.2. The Morgan fingerprint density at radius 3 is 2.72 bits per heavy atom. The van der Waals surface area contributed by atoms with Crippen LogP contribution in [0.5, 0.6) is 5.75 Å². The van der Waals surface area contributed by atoms with E-state index in [2.05, 4.69) is 38.7 Å². The van der Waals surface area contributed by atoms with Crippen LogP contribution in [0.3, 0.4) is 0 Å². The highest BCUT2D eigenvalue weighted by Gasteiger charge is 2.02. The van der Waals surface area contributed by atoms with E-state index < -0.39 is 0 Å². The number of ether oxygens (including phenoxy) is 1. The second-order valence-corrected chi connectivity index (χ2v) is 6.35. The summed E-state index contributed by atoms with van der Waals surface area (Å²) < 4.78 is 6.31. The van der Waals surface area contributed by atoms with E-state index in [9.17, 15) is 4.79 Å². The van der Waals surface area contributed by atoms with Gasteiger partial charge in [-0.2, -0.15) is 5.26 Å². The van der Waals surface area contributed by atoms with Gasteiger partial charge in [0.15, 0.2) is 6.61 Å². The highest BCUT2D eigenvalue weighted by molar-refractivity contribution is 9.10. The van der Waals surface area contributed by atoms with Gasteiger partial charge in [0.1, 0.15) is 11.8 Å². The Morgan fingerprint density at radius 2 is 1.92 bits per heavy atom. The number of carbonyl (C=O) groups excluding carboxylic acids is 1. The van der Waals surface area contributed by atoms with Gasteiger partial charge in [-0.3, -0.25) is 0 Å². The Labute approximate surface area is 156 Å². The van der Waals surface area contributed by atoms with Gasteiger partial charge >= 0.3 is 6.03 Å². The number of hydrogen-bond donors (Lipinski definition) is 2. The normalized spacial score (nSPS) is 9.92. The van der Waals surface area contributed by atoms with Gasteiger partial charge in [0.2, 0.25) is 0 Å². The zero-order valence-electron chi connectivity index (χ0n) is 13.8. The summed E-state index contributed by atoms with van der Waals surface area (Å²) in [7, 11) is 0. The molecule has 0 fully saturated rings. The number of hydrogen-bond acceptors (Lipinski definition) is 3. The number of aryl methyl sites for hydroxylation is 1. The first-order valence-corrected chi connectivity index (χ1v) is 8.81. The van der Waals surface area contributed by atoms with E-state index in [-0.39, 0.29) is 12.6 Å². The van der Waals surface area contributed by atoms with Crippen molar-refractivity contribution in [2.75, 3.05) is 13.2 Å². The summed E-state index contributed by atoms with van der Waals surface area (Å²) in [6.45, 7) is 1.03. The first kappa shape index (κ1) is 18.8. The summed E-state index contributed by atoms with van der Waals surface area (Å²) in [5.41, 5.74) is 2.16. The number of amides is 2. The first-order valence-electron chi connectivity index (χ1n) is 8.02. The second kappa shape index (κ2) is 10.4. The van der Waals surface area contributed by atoms with Crippen LogP contribution in [-0.2, 0) is 13.0 Å². The van der Waals surface area contributed by atoms with Gasteiger partial charge in [-0.15, -0.1) is 0 Å². The fraction of sp³-hybridized carbons (Fsp3) is 0.263. The molecule has 0 aliphatic rings. The molecule has 0 saturated carbocycles. The quantitative estimate of drug-likeness (QED) is 0.660. The number of nitrogens with one attached hydrogen (secondary N) is 2. The molecule has 2 rings (SSSR count). The van der Waals surface area contributed by atoms with Crippen LogP contribution in [0.25, 0.3) is 0 Å². The number of carbonyl (C=O) groups is 1. The van der Waals surface area contributed by atoms with Gasteiger partial charge in [-0.1, -0.05) is 40.2 Å². The van der Waals surface area contributed by atoms with Crippen LogP contribution in [0.15, 0.2) is 53.0 Å². The van der Waals surface area contributed by atoms with Crippen LogP contribution in [0, 0.1) is 11.3 Å². The maximum Gasteiger partial charge on any atom is 0.315 e. The third-order valence-electron chi connectivity index (χ3n) is 3.47. The number of rotatable bonds is 8. The molecule has 0 aliphatic carbocycles. The van der Waals surface area contributed by atoms with Crippen molar-refractivity contribution < 1.29 is 9.53 Å². The second-order valence-electron chi connectivity index (χ2n) is 5.44. The van der Waals surface area contributed by atoms with Crippen molar-refractivity contribution in [3.63, 3.8) is 0 Å². The van der Waals surface area contributed by atoms with Crippen LogP contribution in [0.4, 0.5) is 4.79 Å². The van der Waals surface area contributed by atoms with Crippen molar-refractivity contribution in [2.24, 2.45) is 0 Å². The maximum atomic E-state index is 11.8. The van der Waals surface area contributed by atoms with Crippen molar-refractivity contribution >= 4 is 22.0 Å². The summed E-state index contributed by atoms with van der Waals surface area (Å²) in [6.07, 6.45) is 1.79. The van der Waals surface area contributed by atoms with Crippen molar-refractivity contribution in [3.8, 4) is 11.8 Å². The molecule has 2 N–H and O–H groups in total. The maximum absolute atomic E-state index is 11.8. The third kappa shape index (κ3) is 7.27. The SMILES string of the molecule is N#CCOc1cccc(CNC(=O)NCCCc2cccc(Br)c2)c1. The van der Waals surface area contributed by atoms with Gasteiger partial charge < -0.3 is 15.4 Å². The number of benzene rings is 2. The standard InChI is InChI=1S/C19H20BrN3O2/c20-17-7-1-4-15(12-17)6-3-10-22-19(24)23-14-16-5-2-8-18(13-16)25-11-9-21/h1-2,4-5,7-8,12-13H,3,6,10-11,14H2,(H2,22,23,24). The summed E-state index contributed by atoms with van der Waals surface area (Å²) in [4.78, 5) is 11.8. The molecule has 0 aliphatic heterocycles. The molecule has 2 amide bonds. The zero-order chi connectivity index (χ0) is 17.9. The lowest BCUT2D eigenvalue weighted by molar-refractivity contribution is 0.240. The van der Waals surface area contributed by atoms with E-state index in [1.807, 2.05) is 36.4 Å². The van der Waals surface area contributed by atoms with E-state index in [1.54, 1.807) is 6.07 Å². The molecule has 0 unspecified atom stereocenters. The average molecular weight is 402 g/mol. The topological polar surface area (TPSA) is 74.1 Å². The minimum absolute atomic E-state index is 0.00928. The first-order chi connectivity index (χ1) is 12.2. The highest BCUT2D eigenvalue weighted by atomic mass is 79.9. The predicted octanol–water partition coefficient (Wildman–Crippen LogP) is 3.78. The molecule has 2 aromatic rings. The summed E-state index contributed by atoms with van der Waals surface area (Å²) in [5, 5.41) is 14.2. The molecular weight excluding hydrogens is 382 g/mol. The molecule has 130 valence electrons. The zero-order valence-corrected chi connectivity index (χ0v) is 15.4. The van der Waals surface area contributed by atoms with Crippen LogP contribution in [0.2, 0.25) is 0 Å². The molecule has 0 spiro atoms. The van der Waals surface area contributed by atoms with E-state index in [0.717, 1.165) is 22.9 Å². The van der Waals surface area contributed by atoms with Gasteiger partial charge in [0, 0.05) is 17.6 Å². The molecular formula is C19H20BrN3O2. The van der Waals surface area contributed by atoms with Gasteiger partial charge in [-0.25, -0.2) is 4.79 Å².